The summed E-state index contributed by atoms with van der Waals surface area (Å²) in [4.78, 5) is 14.9. The lowest BCUT2D eigenvalue weighted by molar-refractivity contribution is 0.0981. The van der Waals surface area contributed by atoms with Gasteiger partial charge in [0.15, 0.2) is 5.11 Å². The molecule has 0 atom stereocenters. The van der Waals surface area contributed by atoms with Crippen LogP contribution in [0.2, 0.25) is 5.02 Å². The predicted molar refractivity (Wildman–Crippen MR) is 105 cm³/mol. The number of nitrogens with one attached hydrogen (secondary N) is 2. The number of methoxy groups -OCH3 is 1. The first-order valence-electron chi connectivity index (χ1n) is 7.42. The summed E-state index contributed by atoms with van der Waals surface area (Å²) in [5, 5.41) is 7.28. The van der Waals surface area contributed by atoms with Crippen LogP contribution in [0.15, 0.2) is 18.2 Å². The Hall–Kier alpha value is -1.41. The SMILES string of the molecule is COc1ccc2c(Cl)c(C(=O)NC(=S)NCCCN(C)C)sc2c1. The van der Waals surface area contributed by atoms with Gasteiger partial charge in [-0.25, -0.2) is 0 Å². The summed E-state index contributed by atoms with van der Waals surface area (Å²) in [7, 11) is 5.63. The number of fused-ring (bicyclic) bond motifs is 1. The normalized spacial score (nSPS) is 10.9. The maximum atomic E-state index is 12.4. The highest BCUT2D eigenvalue weighted by molar-refractivity contribution is 7.80. The third kappa shape index (κ3) is 4.80. The largest absolute Gasteiger partial charge is 0.497 e. The Morgan fingerprint density at radius 3 is 2.83 bits per heavy atom. The molecule has 2 rings (SSSR count). The minimum absolute atomic E-state index is 0.301. The van der Waals surface area contributed by atoms with Crippen LogP contribution in [0, 0.1) is 0 Å². The van der Waals surface area contributed by atoms with Crippen molar-refractivity contribution in [2.45, 2.75) is 6.42 Å². The van der Waals surface area contributed by atoms with Gasteiger partial charge in [0.25, 0.3) is 5.91 Å². The maximum Gasteiger partial charge on any atom is 0.269 e. The smallest absolute Gasteiger partial charge is 0.269 e. The summed E-state index contributed by atoms with van der Waals surface area (Å²) in [6.07, 6.45) is 0.937. The zero-order valence-corrected chi connectivity index (χ0v) is 16.2. The summed E-state index contributed by atoms with van der Waals surface area (Å²) in [5.41, 5.74) is 0. The Bertz CT molecular complexity index is 746. The van der Waals surface area contributed by atoms with Crippen LogP contribution in [-0.4, -0.2) is 50.2 Å². The molecule has 0 unspecified atom stereocenters. The number of halogens is 1. The number of rotatable bonds is 6. The van der Waals surface area contributed by atoms with E-state index in [1.54, 1.807) is 7.11 Å². The number of carbonyl (C=O) groups excluding carboxylic acids is 1. The lowest BCUT2D eigenvalue weighted by Gasteiger charge is -2.11. The van der Waals surface area contributed by atoms with E-state index in [0.717, 1.165) is 28.8 Å². The first-order valence-corrected chi connectivity index (χ1v) is 9.02. The molecule has 5 nitrogen and oxygen atoms in total. The van der Waals surface area contributed by atoms with Crippen molar-refractivity contribution in [3.05, 3.63) is 28.1 Å². The molecule has 1 amide bonds. The molecule has 24 heavy (non-hydrogen) atoms. The number of hydrogen-bond donors (Lipinski definition) is 2. The van der Waals surface area contributed by atoms with Crippen molar-refractivity contribution in [3.63, 3.8) is 0 Å². The van der Waals surface area contributed by atoms with Crippen LogP contribution < -0.4 is 15.4 Å². The molecule has 2 aromatic rings. The van der Waals surface area contributed by atoms with Crippen molar-refractivity contribution in [3.8, 4) is 5.75 Å². The van der Waals surface area contributed by atoms with Crippen LogP contribution in [-0.2, 0) is 0 Å². The summed E-state index contributed by atoms with van der Waals surface area (Å²) in [5.74, 6) is 0.427. The van der Waals surface area contributed by atoms with E-state index in [1.807, 2.05) is 32.3 Å². The topological polar surface area (TPSA) is 53.6 Å². The molecule has 0 aliphatic carbocycles. The van der Waals surface area contributed by atoms with Crippen molar-refractivity contribution >= 4 is 56.3 Å². The number of benzene rings is 1. The summed E-state index contributed by atoms with van der Waals surface area (Å²) in [6, 6.07) is 5.53. The van der Waals surface area contributed by atoms with Crippen LogP contribution >= 0.6 is 35.2 Å². The summed E-state index contributed by atoms with van der Waals surface area (Å²) >= 11 is 12.8. The lowest BCUT2D eigenvalue weighted by Crippen LogP contribution is -2.39. The zero-order valence-electron chi connectivity index (χ0n) is 13.8. The van der Waals surface area contributed by atoms with Gasteiger partial charge in [0.1, 0.15) is 10.6 Å². The van der Waals surface area contributed by atoms with Crippen LogP contribution in [0.1, 0.15) is 16.1 Å². The fraction of sp³-hybridized carbons (Fsp3) is 0.375. The average molecular weight is 386 g/mol. The zero-order chi connectivity index (χ0) is 17.7. The van der Waals surface area contributed by atoms with Gasteiger partial charge in [-0.1, -0.05) is 11.6 Å². The van der Waals surface area contributed by atoms with E-state index in [0.29, 0.717) is 21.6 Å². The molecule has 0 aliphatic rings. The van der Waals surface area contributed by atoms with Crippen molar-refractivity contribution in [2.24, 2.45) is 0 Å². The van der Waals surface area contributed by atoms with Crippen molar-refractivity contribution in [1.82, 2.24) is 15.5 Å². The Balaban J connectivity index is 2.00. The molecule has 0 bridgehead atoms. The predicted octanol–water partition coefficient (Wildman–Crippen LogP) is 3.12. The highest BCUT2D eigenvalue weighted by Crippen LogP contribution is 2.37. The Labute approximate surface area is 155 Å². The Kier molecular flexibility index (Phi) is 6.79. The summed E-state index contributed by atoms with van der Waals surface area (Å²) in [6.45, 7) is 1.65. The number of thiocarbonyl (C=S) groups is 1. The second-order valence-electron chi connectivity index (χ2n) is 5.47. The molecule has 0 radical (unpaired) electrons. The molecule has 1 aromatic heterocycles. The first-order chi connectivity index (χ1) is 11.4. The van der Waals surface area contributed by atoms with Crippen LogP contribution in [0.25, 0.3) is 10.1 Å². The number of hydrogen-bond acceptors (Lipinski definition) is 5. The Morgan fingerprint density at radius 1 is 1.42 bits per heavy atom. The third-order valence-corrected chi connectivity index (χ3v) is 5.24. The van der Waals surface area contributed by atoms with Gasteiger partial charge >= 0.3 is 0 Å². The minimum Gasteiger partial charge on any atom is -0.497 e. The quantitative estimate of drug-likeness (QED) is 0.591. The van der Waals surface area contributed by atoms with Gasteiger partial charge in [-0.15, -0.1) is 11.3 Å². The van der Waals surface area contributed by atoms with E-state index in [1.165, 1.54) is 11.3 Å². The fourth-order valence-corrected chi connectivity index (χ4v) is 3.76. The molecule has 8 heteroatoms. The van der Waals surface area contributed by atoms with E-state index < -0.39 is 0 Å². The van der Waals surface area contributed by atoms with E-state index in [4.69, 9.17) is 28.6 Å². The van der Waals surface area contributed by atoms with Gasteiger partial charge in [-0.3, -0.25) is 10.1 Å². The van der Waals surface area contributed by atoms with Gasteiger partial charge in [0, 0.05) is 16.6 Å². The molecule has 0 saturated heterocycles. The van der Waals surface area contributed by atoms with Crippen LogP contribution in [0.5, 0.6) is 5.75 Å². The molecule has 130 valence electrons. The van der Waals surface area contributed by atoms with Crippen molar-refractivity contribution < 1.29 is 9.53 Å². The monoisotopic (exact) mass is 385 g/mol. The van der Waals surface area contributed by atoms with Crippen molar-refractivity contribution in [2.75, 3.05) is 34.3 Å². The highest BCUT2D eigenvalue weighted by Gasteiger charge is 2.18. The highest BCUT2D eigenvalue weighted by atomic mass is 35.5. The first kappa shape index (κ1) is 18.9. The molecule has 0 saturated carbocycles. The van der Waals surface area contributed by atoms with Crippen LogP contribution in [0.3, 0.4) is 0 Å². The second-order valence-corrected chi connectivity index (χ2v) is 7.31. The van der Waals surface area contributed by atoms with E-state index >= 15 is 0 Å². The van der Waals surface area contributed by atoms with E-state index in [2.05, 4.69) is 15.5 Å². The fourth-order valence-electron chi connectivity index (χ4n) is 2.12. The maximum absolute atomic E-state index is 12.4. The third-order valence-electron chi connectivity index (χ3n) is 3.34. The lowest BCUT2D eigenvalue weighted by atomic mass is 10.2. The minimum atomic E-state index is -0.301. The average Bonchev–Trinajstić information content (AvgIpc) is 2.87. The molecule has 1 heterocycles. The van der Waals surface area contributed by atoms with Gasteiger partial charge in [0.2, 0.25) is 0 Å². The molecule has 1 aromatic carbocycles. The van der Waals surface area contributed by atoms with E-state index in [9.17, 15) is 4.79 Å². The van der Waals surface area contributed by atoms with Gasteiger partial charge in [-0.05, 0) is 57.5 Å². The van der Waals surface area contributed by atoms with Gasteiger partial charge in [-0.2, -0.15) is 0 Å². The van der Waals surface area contributed by atoms with Crippen LogP contribution in [0.4, 0.5) is 0 Å². The molecule has 0 fully saturated rings. The molecule has 0 spiro atoms. The molecule has 2 N–H and O–H groups in total. The molecule has 0 aliphatic heterocycles. The van der Waals surface area contributed by atoms with Gasteiger partial charge < -0.3 is 15.0 Å². The Morgan fingerprint density at radius 2 is 2.17 bits per heavy atom. The number of thiophene rings is 1. The molecular weight excluding hydrogens is 366 g/mol. The second kappa shape index (κ2) is 8.62. The summed E-state index contributed by atoms with van der Waals surface area (Å²) < 4.78 is 6.09. The van der Waals surface area contributed by atoms with Gasteiger partial charge in [0.05, 0.1) is 12.1 Å². The van der Waals surface area contributed by atoms with E-state index in [-0.39, 0.29) is 5.91 Å². The number of amides is 1. The number of ether oxygens (including phenoxy) is 1. The van der Waals surface area contributed by atoms with Crippen molar-refractivity contribution in [1.29, 1.82) is 0 Å². The standard InChI is InChI=1S/C16H20ClN3O2S2/c1-20(2)8-4-7-18-16(23)19-15(21)14-13(17)11-6-5-10(22-3)9-12(11)24-14/h5-6,9H,4,7-8H2,1-3H3,(H2,18,19,21,23). The number of carbonyl (C=O) groups is 1. The molecular formula is C16H20ClN3O2S2. The number of nitrogens with zero attached hydrogens (tertiary/aromatic N) is 1.